The van der Waals surface area contributed by atoms with Crippen molar-refractivity contribution in [3.05, 3.63) is 70.8 Å². The van der Waals surface area contributed by atoms with Gasteiger partial charge >= 0.3 is 11.9 Å². The molecule has 0 aromatic heterocycles. The molecule has 0 aliphatic rings. The normalized spacial score (nSPS) is 10.0. The minimum Gasteiger partial charge on any atom is -0.465 e. The van der Waals surface area contributed by atoms with Gasteiger partial charge in [0.2, 0.25) is 0 Å². The van der Waals surface area contributed by atoms with Crippen LogP contribution in [0.5, 0.6) is 0 Å². The highest BCUT2D eigenvalue weighted by atomic mass is 16.5. The Hall–Kier alpha value is -2.62. The topological polar surface area (TPSA) is 52.6 Å². The molecule has 4 nitrogen and oxygen atoms in total. The number of esters is 2. The number of benzene rings is 2. The molecule has 0 aliphatic heterocycles. The number of hydrogen-bond acceptors (Lipinski definition) is 4. The number of rotatable bonds is 4. The summed E-state index contributed by atoms with van der Waals surface area (Å²) < 4.78 is 9.41. The summed E-state index contributed by atoms with van der Waals surface area (Å²) in [6.45, 7) is 0. The zero-order valence-electron chi connectivity index (χ0n) is 12.0. The summed E-state index contributed by atoms with van der Waals surface area (Å²) in [7, 11) is 2.71. The van der Waals surface area contributed by atoms with Gasteiger partial charge < -0.3 is 9.47 Å². The van der Waals surface area contributed by atoms with Crippen LogP contribution in [0.25, 0.3) is 0 Å². The molecule has 108 valence electrons. The SMILES string of the molecule is COC(=O)c1cccc(Cc2cccc(C(=O)OC)c2)c1. The Labute approximate surface area is 123 Å². The Morgan fingerprint density at radius 1 is 0.810 bits per heavy atom. The fraction of sp³-hybridized carbons (Fsp3) is 0.176. The van der Waals surface area contributed by atoms with E-state index in [1.54, 1.807) is 24.3 Å². The van der Waals surface area contributed by atoms with Gasteiger partial charge in [-0.2, -0.15) is 0 Å². The first kappa shape index (κ1) is 14.8. The number of carbonyl (C=O) groups is 2. The quantitative estimate of drug-likeness (QED) is 0.810. The lowest BCUT2D eigenvalue weighted by atomic mass is 10.0. The number of hydrogen-bond donors (Lipinski definition) is 0. The molecule has 0 unspecified atom stereocenters. The monoisotopic (exact) mass is 284 g/mol. The smallest absolute Gasteiger partial charge is 0.337 e. The molecule has 0 saturated carbocycles. The predicted octanol–water partition coefficient (Wildman–Crippen LogP) is 2.85. The van der Waals surface area contributed by atoms with E-state index in [1.165, 1.54) is 14.2 Å². The maximum atomic E-state index is 11.5. The molecular weight excluding hydrogens is 268 g/mol. The summed E-state index contributed by atoms with van der Waals surface area (Å²) in [5.74, 6) is -0.722. The van der Waals surface area contributed by atoms with Gasteiger partial charge in [-0.05, 0) is 41.8 Å². The highest BCUT2D eigenvalue weighted by Crippen LogP contribution is 2.14. The van der Waals surface area contributed by atoms with Gasteiger partial charge in [0.15, 0.2) is 0 Å². The highest BCUT2D eigenvalue weighted by molar-refractivity contribution is 5.90. The summed E-state index contributed by atoms with van der Waals surface area (Å²) in [6.07, 6.45) is 0.621. The van der Waals surface area contributed by atoms with Crippen molar-refractivity contribution >= 4 is 11.9 Å². The van der Waals surface area contributed by atoms with Gasteiger partial charge in [-0.1, -0.05) is 24.3 Å². The van der Waals surface area contributed by atoms with Gasteiger partial charge in [0.05, 0.1) is 25.3 Å². The van der Waals surface area contributed by atoms with Crippen LogP contribution in [0.15, 0.2) is 48.5 Å². The van der Waals surface area contributed by atoms with Crippen molar-refractivity contribution in [3.8, 4) is 0 Å². The van der Waals surface area contributed by atoms with Gasteiger partial charge in [-0.25, -0.2) is 9.59 Å². The largest absolute Gasteiger partial charge is 0.465 e. The molecule has 2 rings (SSSR count). The number of ether oxygens (including phenoxy) is 2. The van der Waals surface area contributed by atoms with Crippen LogP contribution in [0.4, 0.5) is 0 Å². The average molecular weight is 284 g/mol. The van der Waals surface area contributed by atoms with Crippen LogP contribution < -0.4 is 0 Å². The van der Waals surface area contributed by atoms with Crippen LogP contribution in [0, 0.1) is 0 Å². The molecular formula is C17H16O4. The van der Waals surface area contributed by atoms with Crippen LogP contribution in [0.2, 0.25) is 0 Å². The first-order valence-corrected chi connectivity index (χ1v) is 6.48. The molecule has 2 aromatic rings. The third kappa shape index (κ3) is 3.69. The lowest BCUT2D eigenvalue weighted by molar-refractivity contribution is 0.0592. The molecule has 0 atom stereocenters. The second kappa shape index (κ2) is 6.70. The molecule has 0 radical (unpaired) electrons. The van der Waals surface area contributed by atoms with Crippen molar-refractivity contribution in [2.45, 2.75) is 6.42 Å². The minimum absolute atomic E-state index is 0.361. The molecule has 0 N–H and O–H groups in total. The molecule has 0 fully saturated rings. The second-order valence-corrected chi connectivity index (χ2v) is 4.56. The zero-order valence-corrected chi connectivity index (χ0v) is 12.0. The molecule has 21 heavy (non-hydrogen) atoms. The predicted molar refractivity (Wildman–Crippen MR) is 78.4 cm³/mol. The number of carbonyl (C=O) groups excluding carboxylic acids is 2. The van der Waals surface area contributed by atoms with Crippen LogP contribution in [0.1, 0.15) is 31.8 Å². The van der Waals surface area contributed by atoms with Crippen LogP contribution in [0.3, 0.4) is 0 Å². The summed E-state index contributed by atoms with van der Waals surface area (Å²) in [5.41, 5.74) is 2.97. The molecule has 0 amide bonds. The Kier molecular flexibility index (Phi) is 4.72. The highest BCUT2D eigenvalue weighted by Gasteiger charge is 2.08. The molecule has 0 bridgehead atoms. The maximum absolute atomic E-state index is 11.5. The fourth-order valence-corrected chi connectivity index (χ4v) is 2.09. The summed E-state index contributed by atoms with van der Waals surface area (Å²) >= 11 is 0. The zero-order chi connectivity index (χ0) is 15.2. The maximum Gasteiger partial charge on any atom is 0.337 e. The van der Waals surface area contributed by atoms with E-state index in [4.69, 9.17) is 9.47 Å². The summed E-state index contributed by atoms with van der Waals surface area (Å²) in [5, 5.41) is 0. The van der Waals surface area contributed by atoms with Crippen molar-refractivity contribution in [2.75, 3.05) is 14.2 Å². The van der Waals surface area contributed by atoms with Gasteiger partial charge in [0, 0.05) is 0 Å². The van der Waals surface area contributed by atoms with Gasteiger partial charge in [0.25, 0.3) is 0 Å². The van der Waals surface area contributed by atoms with Crippen molar-refractivity contribution in [1.82, 2.24) is 0 Å². The van der Waals surface area contributed by atoms with E-state index in [-0.39, 0.29) is 11.9 Å². The Bertz CT molecular complexity index is 604. The van der Waals surface area contributed by atoms with E-state index in [1.807, 2.05) is 24.3 Å². The van der Waals surface area contributed by atoms with Crippen LogP contribution >= 0.6 is 0 Å². The van der Waals surface area contributed by atoms with Crippen molar-refractivity contribution in [3.63, 3.8) is 0 Å². The lowest BCUT2D eigenvalue weighted by Gasteiger charge is -2.06. The Morgan fingerprint density at radius 3 is 1.62 bits per heavy atom. The average Bonchev–Trinajstić information content (AvgIpc) is 2.53. The molecule has 0 spiro atoms. The Balaban J connectivity index is 2.22. The van der Waals surface area contributed by atoms with Crippen molar-refractivity contribution in [2.24, 2.45) is 0 Å². The van der Waals surface area contributed by atoms with Crippen molar-refractivity contribution in [1.29, 1.82) is 0 Å². The fourth-order valence-electron chi connectivity index (χ4n) is 2.09. The standard InChI is InChI=1S/C17H16O4/c1-20-16(18)14-7-3-5-12(10-14)9-13-6-4-8-15(11-13)17(19)21-2/h3-8,10-11H,9H2,1-2H3. The number of methoxy groups -OCH3 is 2. The van der Waals surface area contributed by atoms with Gasteiger partial charge in [-0.15, -0.1) is 0 Å². The van der Waals surface area contributed by atoms with E-state index in [0.29, 0.717) is 17.5 Å². The van der Waals surface area contributed by atoms with E-state index >= 15 is 0 Å². The van der Waals surface area contributed by atoms with E-state index in [9.17, 15) is 9.59 Å². The van der Waals surface area contributed by atoms with Gasteiger partial charge in [0.1, 0.15) is 0 Å². The first-order valence-electron chi connectivity index (χ1n) is 6.48. The van der Waals surface area contributed by atoms with Gasteiger partial charge in [-0.3, -0.25) is 0 Å². The van der Waals surface area contributed by atoms with Crippen molar-refractivity contribution < 1.29 is 19.1 Å². The minimum atomic E-state index is -0.361. The second-order valence-electron chi connectivity index (χ2n) is 4.56. The third-order valence-electron chi connectivity index (χ3n) is 3.10. The first-order chi connectivity index (χ1) is 10.1. The molecule has 0 saturated heterocycles. The summed E-state index contributed by atoms with van der Waals surface area (Å²) in [4.78, 5) is 23.0. The third-order valence-corrected chi connectivity index (χ3v) is 3.10. The van der Waals surface area contributed by atoms with Crippen LogP contribution in [-0.2, 0) is 15.9 Å². The molecule has 2 aromatic carbocycles. The van der Waals surface area contributed by atoms with E-state index in [2.05, 4.69) is 0 Å². The van der Waals surface area contributed by atoms with E-state index < -0.39 is 0 Å². The van der Waals surface area contributed by atoms with Crippen LogP contribution in [-0.4, -0.2) is 26.2 Å². The molecule has 0 aliphatic carbocycles. The Morgan fingerprint density at radius 2 is 1.24 bits per heavy atom. The lowest BCUT2D eigenvalue weighted by Crippen LogP contribution is -2.03. The molecule has 4 heteroatoms. The van der Waals surface area contributed by atoms with E-state index in [0.717, 1.165) is 11.1 Å². The summed E-state index contributed by atoms with van der Waals surface area (Å²) in [6, 6.07) is 14.5. The molecule has 0 heterocycles.